The molecule has 4 rings (SSSR count). The summed E-state index contributed by atoms with van der Waals surface area (Å²) in [6.45, 7) is 3.99. The number of carbonyl (C=O) groups is 1. The number of hydrogen-bond acceptors (Lipinski definition) is 6. The summed E-state index contributed by atoms with van der Waals surface area (Å²) in [7, 11) is 0. The Morgan fingerprint density at radius 1 is 1.03 bits per heavy atom. The molecule has 0 spiro atoms. The fraction of sp³-hybridized carbons (Fsp3) is 0.286. The second-order valence-corrected chi connectivity index (χ2v) is 6.97. The molecule has 0 bridgehead atoms. The van der Waals surface area contributed by atoms with Gasteiger partial charge in [-0.15, -0.1) is 0 Å². The van der Waals surface area contributed by atoms with E-state index in [1.54, 1.807) is 18.2 Å². The first kappa shape index (κ1) is 18.9. The molecule has 8 nitrogen and oxygen atoms in total. The van der Waals surface area contributed by atoms with E-state index >= 15 is 0 Å². The molecule has 0 saturated carbocycles. The maximum Gasteiger partial charge on any atom is 0.269 e. The number of hydrogen-bond donors (Lipinski definition) is 0. The summed E-state index contributed by atoms with van der Waals surface area (Å²) in [6, 6.07) is 12.1. The molecule has 2 aliphatic heterocycles. The molecule has 1 saturated heterocycles. The van der Waals surface area contributed by atoms with Gasteiger partial charge in [-0.3, -0.25) is 19.8 Å². The van der Waals surface area contributed by atoms with Crippen molar-refractivity contribution >= 4 is 17.7 Å². The molecule has 0 atom stereocenters. The van der Waals surface area contributed by atoms with Gasteiger partial charge in [0, 0.05) is 50.9 Å². The van der Waals surface area contributed by atoms with E-state index in [9.17, 15) is 14.9 Å². The number of carbonyl (C=O) groups excluding carboxylic acids is 1. The average Bonchev–Trinajstić information content (AvgIpc) is 3.21. The Hall–Kier alpha value is -3.39. The number of benzene rings is 2. The Kier molecular flexibility index (Phi) is 5.44. The SMILES string of the molecule is O=C(C=Cc1ccc([N+](=O)[O-])cc1)N1CCN(Cc2ccc3c(c2)OCO3)CC1. The highest BCUT2D eigenvalue weighted by molar-refractivity contribution is 5.91. The van der Waals surface area contributed by atoms with E-state index in [0.29, 0.717) is 13.1 Å². The monoisotopic (exact) mass is 395 g/mol. The smallest absolute Gasteiger partial charge is 0.269 e. The highest BCUT2D eigenvalue weighted by Crippen LogP contribution is 2.32. The Balaban J connectivity index is 1.27. The Morgan fingerprint density at radius 2 is 1.76 bits per heavy atom. The third-order valence-corrected chi connectivity index (χ3v) is 5.05. The number of nitrogens with zero attached hydrogens (tertiary/aromatic N) is 3. The zero-order valence-corrected chi connectivity index (χ0v) is 15.8. The van der Waals surface area contributed by atoms with Crippen LogP contribution in [0.25, 0.3) is 6.08 Å². The lowest BCUT2D eigenvalue weighted by molar-refractivity contribution is -0.384. The zero-order chi connectivity index (χ0) is 20.2. The second kappa shape index (κ2) is 8.32. The van der Waals surface area contributed by atoms with Gasteiger partial charge in [0.25, 0.3) is 5.69 Å². The van der Waals surface area contributed by atoms with Crippen LogP contribution in [0.1, 0.15) is 11.1 Å². The molecule has 0 aromatic heterocycles. The Labute approximate surface area is 168 Å². The van der Waals surface area contributed by atoms with Gasteiger partial charge in [0.05, 0.1) is 4.92 Å². The molecule has 8 heteroatoms. The molecule has 2 aliphatic rings. The van der Waals surface area contributed by atoms with Gasteiger partial charge in [0.15, 0.2) is 11.5 Å². The topological polar surface area (TPSA) is 85.2 Å². The van der Waals surface area contributed by atoms with Crippen molar-refractivity contribution in [3.63, 3.8) is 0 Å². The first-order valence-electron chi connectivity index (χ1n) is 9.41. The molecule has 29 heavy (non-hydrogen) atoms. The van der Waals surface area contributed by atoms with Crippen molar-refractivity contribution in [2.75, 3.05) is 33.0 Å². The van der Waals surface area contributed by atoms with Crippen molar-refractivity contribution in [1.29, 1.82) is 0 Å². The van der Waals surface area contributed by atoms with Gasteiger partial charge in [0.1, 0.15) is 0 Å². The second-order valence-electron chi connectivity index (χ2n) is 6.97. The molecule has 150 valence electrons. The average molecular weight is 395 g/mol. The van der Waals surface area contributed by atoms with Crippen molar-refractivity contribution in [2.24, 2.45) is 0 Å². The predicted octanol–water partition coefficient (Wildman–Crippen LogP) is 2.68. The molecular weight excluding hydrogens is 374 g/mol. The molecule has 0 N–H and O–H groups in total. The number of nitro benzene ring substituents is 1. The summed E-state index contributed by atoms with van der Waals surface area (Å²) < 4.78 is 10.8. The molecule has 2 aromatic carbocycles. The number of ether oxygens (including phenoxy) is 2. The third-order valence-electron chi connectivity index (χ3n) is 5.05. The van der Waals surface area contributed by atoms with Gasteiger partial charge in [-0.05, 0) is 41.5 Å². The van der Waals surface area contributed by atoms with Crippen molar-refractivity contribution in [2.45, 2.75) is 6.54 Å². The van der Waals surface area contributed by atoms with E-state index in [-0.39, 0.29) is 18.4 Å². The van der Waals surface area contributed by atoms with E-state index in [2.05, 4.69) is 4.90 Å². The maximum atomic E-state index is 12.4. The summed E-state index contributed by atoms with van der Waals surface area (Å²) >= 11 is 0. The standard InChI is InChI=1S/C21H21N3O5/c25-21(8-4-16-1-5-18(6-2-16)24(26)27)23-11-9-22(10-12-23)14-17-3-7-19-20(13-17)29-15-28-19/h1-8,13H,9-12,14-15H2. The molecule has 0 radical (unpaired) electrons. The van der Waals surface area contributed by atoms with Crippen LogP contribution in [-0.4, -0.2) is 53.6 Å². The van der Waals surface area contributed by atoms with E-state index in [1.165, 1.54) is 18.2 Å². The van der Waals surface area contributed by atoms with Gasteiger partial charge < -0.3 is 14.4 Å². The molecule has 0 unspecified atom stereocenters. The van der Waals surface area contributed by atoms with Crippen molar-refractivity contribution in [1.82, 2.24) is 9.80 Å². The fourth-order valence-electron chi connectivity index (χ4n) is 3.40. The van der Waals surface area contributed by atoms with E-state index < -0.39 is 4.92 Å². The van der Waals surface area contributed by atoms with Crippen LogP contribution in [0.4, 0.5) is 5.69 Å². The van der Waals surface area contributed by atoms with Crippen LogP contribution < -0.4 is 9.47 Å². The molecular formula is C21H21N3O5. The van der Waals surface area contributed by atoms with Crippen LogP contribution in [0, 0.1) is 10.1 Å². The maximum absolute atomic E-state index is 12.4. The quantitative estimate of drug-likeness (QED) is 0.440. The first-order valence-corrected chi connectivity index (χ1v) is 9.41. The molecule has 1 fully saturated rings. The highest BCUT2D eigenvalue weighted by atomic mass is 16.7. The van der Waals surface area contributed by atoms with Gasteiger partial charge in [-0.1, -0.05) is 6.07 Å². The van der Waals surface area contributed by atoms with Gasteiger partial charge in [0.2, 0.25) is 12.7 Å². The summed E-state index contributed by atoms with van der Waals surface area (Å²) in [6.07, 6.45) is 3.21. The van der Waals surface area contributed by atoms with Crippen molar-refractivity contribution in [3.8, 4) is 11.5 Å². The van der Waals surface area contributed by atoms with Gasteiger partial charge >= 0.3 is 0 Å². The minimum Gasteiger partial charge on any atom is -0.454 e. The van der Waals surface area contributed by atoms with Gasteiger partial charge in [-0.25, -0.2) is 0 Å². The lowest BCUT2D eigenvalue weighted by Crippen LogP contribution is -2.47. The summed E-state index contributed by atoms with van der Waals surface area (Å²) in [5.41, 5.74) is 1.95. The predicted molar refractivity (Wildman–Crippen MR) is 107 cm³/mol. The van der Waals surface area contributed by atoms with Crippen molar-refractivity contribution < 1.29 is 19.2 Å². The number of nitro groups is 1. The Morgan fingerprint density at radius 3 is 2.48 bits per heavy atom. The minimum absolute atomic E-state index is 0.0343. The van der Waals surface area contributed by atoms with Crippen LogP contribution in [-0.2, 0) is 11.3 Å². The highest BCUT2D eigenvalue weighted by Gasteiger charge is 2.21. The van der Waals surface area contributed by atoms with Crippen molar-refractivity contribution in [3.05, 3.63) is 69.8 Å². The van der Waals surface area contributed by atoms with E-state index in [0.717, 1.165) is 42.3 Å². The summed E-state index contributed by atoms with van der Waals surface area (Å²) in [4.78, 5) is 26.8. The number of fused-ring (bicyclic) bond motifs is 1. The lowest BCUT2D eigenvalue weighted by atomic mass is 10.1. The van der Waals surface area contributed by atoms with Crippen LogP contribution in [0.2, 0.25) is 0 Å². The van der Waals surface area contributed by atoms with E-state index in [4.69, 9.17) is 9.47 Å². The van der Waals surface area contributed by atoms with Crippen LogP contribution in [0.3, 0.4) is 0 Å². The molecule has 2 heterocycles. The minimum atomic E-state index is -0.443. The molecule has 0 aliphatic carbocycles. The van der Waals surface area contributed by atoms with Crippen LogP contribution >= 0.6 is 0 Å². The summed E-state index contributed by atoms with van der Waals surface area (Å²) in [5.74, 6) is 1.52. The Bertz CT molecular complexity index is 934. The summed E-state index contributed by atoms with van der Waals surface area (Å²) in [5, 5.41) is 10.7. The lowest BCUT2D eigenvalue weighted by Gasteiger charge is -2.34. The van der Waals surface area contributed by atoms with Crippen LogP contribution in [0.5, 0.6) is 11.5 Å². The molecule has 1 amide bonds. The van der Waals surface area contributed by atoms with Gasteiger partial charge in [-0.2, -0.15) is 0 Å². The number of non-ortho nitro benzene ring substituents is 1. The van der Waals surface area contributed by atoms with E-state index in [1.807, 2.05) is 23.1 Å². The first-order chi connectivity index (χ1) is 14.1. The zero-order valence-electron chi connectivity index (χ0n) is 15.8. The molecule has 2 aromatic rings. The number of amides is 1. The normalized spacial score (nSPS) is 16.3. The number of rotatable bonds is 5. The van der Waals surface area contributed by atoms with Crippen LogP contribution in [0.15, 0.2) is 48.5 Å². The number of piperazine rings is 1. The largest absolute Gasteiger partial charge is 0.454 e. The fourth-order valence-corrected chi connectivity index (χ4v) is 3.40. The third kappa shape index (κ3) is 4.55.